The Morgan fingerprint density at radius 2 is 2.11 bits per heavy atom. The zero-order valence-corrected chi connectivity index (χ0v) is 11.4. The fourth-order valence-electron chi connectivity index (χ4n) is 1.66. The molecule has 0 saturated heterocycles. The lowest BCUT2D eigenvalue weighted by molar-refractivity contribution is -0.123. The third-order valence-electron chi connectivity index (χ3n) is 2.84. The molecule has 0 saturated carbocycles. The van der Waals surface area contributed by atoms with Gasteiger partial charge in [0.05, 0.1) is 0 Å². The van der Waals surface area contributed by atoms with Crippen LogP contribution in [-0.4, -0.2) is 19.1 Å². The molecular formula is C14H22N2O2. The molecule has 0 aliphatic rings. The number of carbonyl (C=O) groups excluding carboxylic acids is 1. The van der Waals surface area contributed by atoms with E-state index in [9.17, 15) is 4.79 Å². The maximum Gasteiger partial charge on any atom is 0.257 e. The predicted molar refractivity (Wildman–Crippen MR) is 73.7 cm³/mol. The number of carbonyl (C=O) groups is 1. The second-order valence-corrected chi connectivity index (χ2v) is 4.42. The van der Waals surface area contributed by atoms with E-state index in [2.05, 4.69) is 12.2 Å². The molecule has 3 N–H and O–H groups in total. The smallest absolute Gasteiger partial charge is 0.257 e. The number of nitrogens with one attached hydrogen (secondary N) is 1. The second-order valence-electron chi connectivity index (χ2n) is 4.42. The predicted octanol–water partition coefficient (Wildman–Crippen LogP) is 2.18. The van der Waals surface area contributed by atoms with Gasteiger partial charge in [-0.05, 0) is 31.9 Å². The number of rotatable bonds is 6. The summed E-state index contributed by atoms with van der Waals surface area (Å²) in [7, 11) is 0. The SMILES string of the molecule is CCCCNC(=O)COc1c(C)ccc(N)c1C. The quantitative estimate of drug-likeness (QED) is 0.601. The van der Waals surface area contributed by atoms with Gasteiger partial charge in [-0.15, -0.1) is 0 Å². The fraction of sp³-hybridized carbons (Fsp3) is 0.500. The van der Waals surface area contributed by atoms with E-state index >= 15 is 0 Å². The van der Waals surface area contributed by atoms with Gasteiger partial charge in [-0.2, -0.15) is 0 Å². The molecule has 1 amide bonds. The largest absolute Gasteiger partial charge is 0.483 e. The molecule has 0 bridgehead atoms. The van der Waals surface area contributed by atoms with Crippen LogP contribution >= 0.6 is 0 Å². The maximum atomic E-state index is 11.5. The summed E-state index contributed by atoms with van der Waals surface area (Å²) < 4.78 is 5.55. The number of hydrogen-bond donors (Lipinski definition) is 2. The summed E-state index contributed by atoms with van der Waals surface area (Å²) in [6.45, 7) is 6.66. The second kappa shape index (κ2) is 6.89. The third-order valence-corrected chi connectivity index (χ3v) is 2.84. The van der Waals surface area contributed by atoms with Gasteiger partial charge in [0.15, 0.2) is 6.61 Å². The lowest BCUT2D eigenvalue weighted by atomic mass is 10.1. The molecule has 1 rings (SSSR count). The molecule has 1 aromatic carbocycles. The minimum atomic E-state index is -0.0929. The van der Waals surface area contributed by atoms with Gasteiger partial charge in [0, 0.05) is 17.8 Å². The molecule has 4 heteroatoms. The van der Waals surface area contributed by atoms with Gasteiger partial charge >= 0.3 is 0 Å². The summed E-state index contributed by atoms with van der Waals surface area (Å²) >= 11 is 0. The highest BCUT2D eigenvalue weighted by Crippen LogP contribution is 2.27. The number of nitrogens with two attached hydrogens (primary N) is 1. The van der Waals surface area contributed by atoms with E-state index in [0.717, 1.165) is 24.0 Å². The van der Waals surface area contributed by atoms with Gasteiger partial charge in [0.2, 0.25) is 0 Å². The van der Waals surface area contributed by atoms with Crippen LogP contribution in [0, 0.1) is 13.8 Å². The van der Waals surface area contributed by atoms with Crippen LogP contribution in [0.3, 0.4) is 0 Å². The molecule has 0 heterocycles. The van der Waals surface area contributed by atoms with Crippen LogP contribution in [0.5, 0.6) is 5.75 Å². The van der Waals surface area contributed by atoms with Crippen molar-refractivity contribution in [2.45, 2.75) is 33.6 Å². The van der Waals surface area contributed by atoms with Crippen LogP contribution in [0.4, 0.5) is 5.69 Å². The van der Waals surface area contributed by atoms with E-state index in [1.807, 2.05) is 26.0 Å². The Morgan fingerprint density at radius 1 is 1.39 bits per heavy atom. The number of nitrogen functional groups attached to an aromatic ring is 1. The van der Waals surface area contributed by atoms with Crippen molar-refractivity contribution in [1.29, 1.82) is 0 Å². The topological polar surface area (TPSA) is 64.3 Å². The molecule has 0 spiro atoms. The average Bonchev–Trinajstić information content (AvgIpc) is 2.34. The molecule has 0 aliphatic heterocycles. The zero-order valence-electron chi connectivity index (χ0n) is 11.4. The van der Waals surface area contributed by atoms with Crippen LogP contribution < -0.4 is 15.8 Å². The van der Waals surface area contributed by atoms with Gasteiger partial charge in [-0.25, -0.2) is 0 Å². The van der Waals surface area contributed by atoms with Crippen molar-refractivity contribution in [3.05, 3.63) is 23.3 Å². The summed E-state index contributed by atoms with van der Waals surface area (Å²) in [5, 5.41) is 2.81. The fourth-order valence-corrected chi connectivity index (χ4v) is 1.66. The highest BCUT2D eigenvalue weighted by atomic mass is 16.5. The molecule has 0 aliphatic carbocycles. The third kappa shape index (κ3) is 3.95. The lowest BCUT2D eigenvalue weighted by Crippen LogP contribution is -2.29. The molecule has 0 fully saturated rings. The van der Waals surface area contributed by atoms with Crippen molar-refractivity contribution in [1.82, 2.24) is 5.32 Å². The molecule has 100 valence electrons. The first-order valence-electron chi connectivity index (χ1n) is 6.31. The minimum Gasteiger partial charge on any atom is -0.483 e. The van der Waals surface area contributed by atoms with E-state index < -0.39 is 0 Å². The van der Waals surface area contributed by atoms with Crippen LogP contribution in [-0.2, 0) is 4.79 Å². The summed E-state index contributed by atoms with van der Waals surface area (Å²) in [5.41, 5.74) is 8.37. The number of hydrogen-bond acceptors (Lipinski definition) is 3. The maximum absolute atomic E-state index is 11.5. The van der Waals surface area contributed by atoms with Crippen molar-refractivity contribution in [3.8, 4) is 5.75 Å². The Balaban J connectivity index is 2.53. The van der Waals surface area contributed by atoms with Gasteiger partial charge in [-0.3, -0.25) is 4.79 Å². The number of ether oxygens (including phenoxy) is 1. The Bertz CT molecular complexity index is 417. The molecule has 0 unspecified atom stereocenters. The molecule has 0 atom stereocenters. The molecule has 0 radical (unpaired) electrons. The Hall–Kier alpha value is -1.71. The first-order valence-corrected chi connectivity index (χ1v) is 6.31. The number of aryl methyl sites for hydroxylation is 1. The molecule has 0 aromatic heterocycles. The van der Waals surface area contributed by atoms with Crippen LogP contribution in [0.1, 0.15) is 30.9 Å². The van der Waals surface area contributed by atoms with E-state index in [-0.39, 0.29) is 12.5 Å². The summed E-state index contributed by atoms with van der Waals surface area (Å²) in [6.07, 6.45) is 2.05. The highest BCUT2D eigenvalue weighted by molar-refractivity contribution is 5.77. The molecule has 1 aromatic rings. The van der Waals surface area contributed by atoms with Crippen LogP contribution in [0.25, 0.3) is 0 Å². The zero-order chi connectivity index (χ0) is 13.5. The Morgan fingerprint density at radius 3 is 2.78 bits per heavy atom. The van der Waals surface area contributed by atoms with E-state index in [4.69, 9.17) is 10.5 Å². The van der Waals surface area contributed by atoms with Gasteiger partial charge in [0.1, 0.15) is 5.75 Å². The first kappa shape index (κ1) is 14.4. The van der Waals surface area contributed by atoms with Crippen LogP contribution in [0.2, 0.25) is 0 Å². The standard InChI is InChI=1S/C14H22N2O2/c1-4-5-8-16-13(17)9-18-14-10(2)6-7-12(15)11(14)3/h6-7H,4-5,8-9,15H2,1-3H3,(H,16,17). The summed E-state index contributed by atoms with van der Waals surface area (Å²) in [6, 6.07) is 3.74. The van der Waals surface area contributed by atoms with Crippen LogP contribution in [0.15, 0.2) is 12.1 Å². The average molecular weight is 250 g/mol. The van der Waals surface area contributed by atoms with Crippen molar-refractivity contribution < 1.29 is 9.53 Å². The number of benzene rings is 1. The van der Waals surface area contributed by atoms with E-state index in [0.29, 0.717) is 18.0 Å². The number of anilines is 1. The molecule has 4 nitrogen and oxygen atoms in total. The highest BCUT2D eigenvalue weighted by Gasteiger charge is 2.09. The lowest BCUT2D eigenvalue weighted by Gasteiger charge is -2.13. The van der Waals surface area contributed by atoms with Gasteiger partial charge < -0.3 is 15.8 Å². The summed E-state index contributed by atoms with van der Waals surface area (Å²) in [4.78, 5) is 11.5. The van der Waals surface area contributed by atoms with Crippen molar-refractivity contribution in [3.63, 3.8) is 0 Å². The number of amides is 1. The normalized spacial score (nSPS) is 10.2. The van der Waals surface area contributed by atoms with Crippen molar-refractivity contribution >= 4 is 11.6 Å². The molecule has 18 heavy (non-hydrogen) atoms. The Labute approximate surface area is 109 Å². The van der Waals surface area contributed by atoms with E-state index in [1.165, 1.54) is 0 Å². The van der Waals surface area contributed by atoms with E-state index in [1.54, 1.807) is 0 Å². The summed E-state index contributed by atoms with van der Waals surface area (Å²) in [5.74, 6) is 0.616. The monoisotopic (exact) mass is 250 g/mol. The van der Waals surface area contributed by atoms with Crippen molar-refractivity contribution in [2.24, 2.45) is 0 Å². The first-order chi connectivity index (χ1) is 8.56. The molecular weight excluding hydrogens is 228 g/mol. The number of unbranched alkanes of at least 4 members (excludes halogenated alkanes) is 1. The van der Waals surface area contributed by atoms with Gasteiger partial charge in [0.25, 0.3) is 5.91 Å². The van der Waals surface area contributed by atoms with Crippen molar-refractivity contribution in [2.75, 3.05) is 18.9 Å². The Kier molecular flexibility index (Phi) is 5.49. The van der Waals surface area contributed by atoms with Gasteiger partial charge in [-0.1, -0.05) is 19.4 Å². The minimum absolute atomic E-state index is 0.0366.